The Labute approximate surface area is 121 Å². The molecule has 0 spiro atoms. The third-order valence-corrected chi connectivity index (χ3v) is 4.55. The van der Waals surface area contributed by atoms with Gasteiger partial charge in [-0.25, -0.2) is 0 Å². The van der Waals surface area contributed by atoms with Gasteiger partial charge >= 0.3 is 0 Å². The number of carbonyl (C=O) groups is 1. The Morgan fingerprint density at radius 2 is 1.94 bits per heavy atom. The molecule has 2 rings (SSSR count). The van der Waals surface area contributed by atoms with Crippen molar-refractivity contribution < 1.29 is 9.90 Å². The van der Waals surface area contributed by atoms with Crippen molar-refractivity contribution in [3.05, 3.63) is 33.4 Å². The summed E-state index contributed by atoms with van der Waals surface area (Å²) >= 11 is 2.16. The standard InChI is InChI=1S/C14H18INO2/c15-12-7-3-2-6-11(12)13(18)16-14(10-17)8-4-1-5-9-14/h2-3,6-7,17H,1,4-5,8-10H2,(H,16,18). The van der Waals surface area contributed by atoms with Gasteiger partial charge in [-0.1, -0.05) is 31.4 Å². The Bertz CT molecular complexity index is 428. The topological polar surface area (TPSA) is 49.3 Å². The third-order valence-electron chi connectivity index (χ3n) is 3.61. The molecule has 1 fully saturated rings. The number of hydrogen-bond acceptors (Lipinski definition) is 2. The van der Waals surface area contributed by atoms with Gasteiger partial charge in [0.05, 0.1) is 17.7 Å². The molecule has 98 valence electrons. The van der Waals surface area contributed by atoms with Crippen LogP contribution in [0, 0.1) is 3.57 Å². The maximum absolute atomic E-state index is 12.3. The number of halogens is 1. The molecule has 4 heteroatoms. The summed E-state index contributed by atoms with van der Waals surface area (Å²) in [6.07, 6.45) is 5.09. The van der Waals surface area contributed by atoms with E-state index in [2.05, 4.69) is 27.9 Å². The van der Waals surface area contributed by atoms with Crippen molar-refractivity contribution in [2.24, 2.45) is 0 Å². The molecule has 0 radical (unpaired) electrons. The minimum atomic E-state index is -0.408. The van der Waals surface area contributed by atoms with Crippen molar-refractivity contribution in [2.75, 3.05) is 6.61 Å². The van der Waals surface area contributed by atoms with E-state index in [1.54, 1.807) is 0 Å². The second kappa shape index (κ2) is 6.02. The van der Waals surface area contributed by atoms with Crippen LogP contribution < -0.4 is 5.32 Å². The molecule has 0 unspecified atom stereocenters. The van der Waals surface area contributed by atoms with Gasteiger partial charge in [0.15, 0.2) is 0 Å². The van der Waals surface area contributed by atoms with E-state index >= 15 is 0 Å². The third kappa shape index (κ3) is 3.03. The van der Waals surface area contributed by atoms with E-state index in [4.69, 9.17) is 0 Å². The molecule has 1 amide bonds. The SMILES string of the molecule is O=C(NC1(CO)CCCCC1)c1ccccc1I. The highest BCUT2D eigenvalue weighted by molar-refractivity contribution is 14.1. The molecule has 2 N–H and O–H groups in total. The Hall–Kier alpha value is -0.620. The largest absolute Gasteiger partial charge is 0.394 e. The summed E-state index contributed by atoms with van der Waals surface area (Å²) in [7, 11) is 0. The maximum Gasteiger partial charge on any atom is 0.252 e. The maximum atomic E-state index is 12.3. The smallest absolute Gasteiger partial charge is 0.252 e. The minimum Gasteiger partial charge on any atom is -0.394 e. The van der Waals surface area contributed by atoms with Crippen molar-refractivity contribution >= 4 is 28.5 Å². The van der Waals surface area contributed by atoms with Gasteiger partial charge in [-0.15, -0.1) is 0 Å². The molecule has 1 aliphatic carbocycles. The van der Waals surface area contributed by atoms with E-state index in [0.29, 0.717) is 5.56 Å². The van der Waals surface area contributed by atoms with Crippen molar-refractivity contribution in [1.29, 1.82) is 0 Å². The molecule has 0 atom stereocenters. The van der Waals surface area contributed by atoms with Gasteiger partial charge in [0.2, 0.25) is 0 Å². The zero-order valence-corrected chi connectivity index (χ0v) is 12.4. The van der Waals surface area contributed by atoms with E-state index in [-0.39, 0.29) is 12.5 Å². The Morgan fingerprint density at radius 1 is 1.28 bits per heavy atom. The lowest BCUT2D eigenvalue weighted by Gasteiger charge is -2.36. The zero-order valence-electron chi connectivity index (χ0n) is 10.3. The lowest BCUT2D eigenvalue weighted by Crippen LogP contribution is -2.52. The van der Waals surface area contributed by atoms with E-state index in [0.717, 1.165) is 29.3 Å². The summed E-state index contributed by atoms with van der Waals surface area (Å²) in [6, 6.07) is 7.53. The molecule has 0 bridgehead atoms. The fraction of sp³-hybridized carbons (Fsp3) is 0.500. The van der Waals surface area contributed by atoms with Crippen molar-refractivity contribution in [3.8, 4) is 0 Å². The predicted molar refractivity (Wildman–Crippen MR) is 79.5 cm³/mol. The number of rotatable bonds is 3. The van der Waals surface area contributed by atoms with E-state index < -0.39 is 5.54 Å². The van der Waals surface area contributed by atoms with Gasteiger partial charge in [0.25, 0.3) is 5.91 Å². The molecule has 0 aromatic heterocycles. The molecule has 18 heavy (non-hydrogen) atoms. The van der Waals surface area contributed by atoms with Crippen LogP contribution in [0.2, 0.25) is 0 Å². The number of amides is 1. The first-order valence-electron chi connectivity index (χ1n) is 6.35. The van der Waals surface area contributed by atoms with Gasteiger partial charge in [0, 0.05) is 3.57 Å². The summed E-state index contributed by atoms with van der Waals surface area (Å²) in [6.45, 7) is 0.0299. The van der Waals surface area contributed by atoms with Crippen LogP contribution in [0.15, 0.2) is 24.3 Å². The van der Waals surface area contributed by atoms with E-state index in [1.165, 1.54) is 6.42 Å². The molecule has 0 aliphatic heterocycles. The predicted octanol–water partition coefficient (Wildman–Crippen LogP) is 2.72. The molecular weight excluding hydrogens is 341 g/mol. The van der Waals surface area contributed by atoms with Gasteiger partial charge in [0.1, 0.15) is 0 Å². The Kier molecular flexibility index (Phi) is 4.61. The number of benzene rings is 1. The van der Waals surface area contributed by atoms with Gasteiger partial charge < -0.3 is 10.4 Å². The second-order valence-corrected chi connectivity index (χ2v) is 6.10. The Morgan fingerprint density at radius 3 is 2.56 bits per heavy atom. The summed E-state index contributed by atoms with van der Waals surface area (Å²) < 4.78 is 0.941. The molecular formula is C14H18INO2. The summed E-state index contributed by atoms with van der Waals surface area (Å²) in [5.74, 6) is -0.0732. The first kappa shape index (κ1) is 13.8. The molecule has 0 saturated heterocycles. The van der Waals surface area contributed by atoms with Crippen molar-refractivity contribution in [2.45, 2.75) is 37.6 Å². The zero-order chi connectivity index (χ0) is 13.0. The first-order chi connectivity index (χ1) is 8.67. The highest BCUT2D eigenvalue weighted by Gasteiger charge is 2.33. The summed E-state index contributed by atoms with van der Waals surface area (Å²) in [4.78, 5) is 12.3. The summed E-state index contributed by atoms with van der Waals surface area (Å²) in [5.41, 5.74) is 0.283. The molecule has 1 saturated carbocycles. The number of carbonyl (C=O) groups excluding carboxylic acids is 1. The van der Waals surface area contributed by atoms with Crippen molar-refractivity contribution in [1.82, 2.24) is 5.32 Å². The van der Waals surface area contributed by atoms with Crippen LogP contribution in [0.5, 0.6) is 0 Å². The van der Waals surface area contributed by atoms with Gasteiger partial charge in [-0.3, -0.25) is 4.79 Å². The Balaban J connectivity index is 2.13. The molecule has 3 nitrogen and oxygen atoms in total. The van der Waals surface area contributed by atoms with Crippen LogP contribution >= 0.6 is 22.6 Å². The number of aliphatic hydroxyl groups excluding tert-OH is 1. The minimum absolute atomic E-state index is 0.0299. The van der Waals surface area contributed by atoms with Crippen LogP contribution in [0.25, 0.3) is 0 Å². The highest BCUT2D eigenvalue weighted by Crippen LogP contribution is 2.28. The fourth-order valence-corrected chi connectivity index (χ4v) is 3.14. The van der Waals surface area contributed by atoms with Crippen LogP contribution in [-0.4, -0.2) is 23.2 Å². The summed E-state index contributed by atoms with van der Waals surface area (Å²) in [5, 5.41) is 12.6. The van der Waals surface area contributed by atoms with Crippen LogP contribution in [0.4, 0.5) is 0 Å². The first-order valence-corrected chi connectivity index (χ1v) is 7.43. The quantitative estimate of drug-likeness (QED) is 0.816. The average Bonchev–Trinajstić information content (AvgIpc) is 2.40. The van der Waals surface area contributed by atoms with Gasteiger partial charge in [-0.05, 0) is 47.6 Å². The average molecular weight is 359 g/mol. The monoisotopic (exact) mass is 359 g/mol. The number of nitrogens with one attached hydrogen (secondary N) is 1. The van der Waals surface area contributed by atoms with E-state index in [9.17, 15) is 9.90 Å². The van der Waals surface area contributed by atoms with Crippen LogP contribution in [0.1, 0.15) is 42.5 Å². The normalized spacial score (nSPS) is 18.3. The molecule has 1 aromatic rings. The molecule has 1 aliphatic rings. The van der Waals surface area contributed by atoms with Crippen LogP contribution in [0.3, 0.4) is 0 Å². The lowest BCUT2D eigenvalue weighted by atomic mass is 9.82. The lowest BCUT2D eigenvalue weighted by molar-refractivity contribution is 0.0758. The molecule has 0 heterocycles. The van der Waals surface area contributed by atoms with E-state index in [1.807, 2.05) is 24.3 Å². The number of hydrogen-bond donors (Lipinski definition) is 2. The van der Waals surface area contributed by atoms with Crippen LogP contribution in [-0.2, 0) is 0 Å². The highest BCUT2D eigenvalue weighted by atomic mass is 127. The van der Waals surface area contributed by atoms with Crippen molar-refractivity contribution in [3.63, 3.8) is 0 Å². The van der Waals surface area contributed by atoms with Gasteiger partial charge in [-0.2, -0.15) is 0 Å². The second-order valence-electron chi connectivity index (χ2n) is 4.93. The number of aliphatic hydroxyl groups is 1. The fourth-order valence-electron chi connectivity index (χ4n) is 2.50. The molecule has 1 aromatic carbocycles.